The van der Waals surface area contributed by atoms with Crippen LogP contribution in [0.25, 0.3) is 0 Å². The third-order valence-electron chi connectivity index (χ3n) is 3.73. The lowest BCUT2D eigenvalue weighted by Crippen LogP contribution is -2.49. The number of carbonyl (C=O) groups excluding carboxylic acids is 2. The van der Waals surface area contributed by atoms with Gasteiger partial charge in [0.05, 0.1) is 11.6 Å². The van der Waals surface area contributed by atoms with Crippen molar-refractivity contribution in [1.29, 1.82) is 0 Å². The van der Waals surface area contributed by atoms with Crippen LogP contribution in [0.3, 0.4) is 0 Å². The van der Waals surface area contributed by atoms with Gasteiger partial charge >= 0.3 is 0 Å². The molecule has 1 saturated heterocycles. The summed E-state index contributed by atoms with van der Waals surface area (Å²) in [7, 11) is 0. The third-order valence-corrected chi connectivity index (χ3v) is 3.95. The van der Waals surface area contributed by atoms with Crippen molar-refractivity contribution in [2.45, 2.75) is 6.54 Å². The number of hydrogen-bond donors (Lipinski definition) is 2. The normalized spacial score (nSPS) is 14.2. The van der Waals surface area contributed by atoms with E-state index in [1.165, 1.54) is 0 Å². The van der Waals surface area contributed by atoms with Gasteiger partial charge in [-0.2, -0.15) is 0 Å². The molecule has 3 rings (SSSR count). The van der Waals surface area contributed by atoms with E-state index in [1.807, 2.05) is 18.2 Å². The lowest BCUT2D eigenvalue weighted by molar-refractivity contribution is -0.123. The van der Waals surface area contributed by atoms with Crippen LogP contribution in [0.2, 0.25) is 5.02 Å². The van der Waals surface area contributed by atoms with Crippen LogP contribution in [-0.4, -0.2) is 41.3 Å². The first-order chi connectivity index (χ1) is 11.6. The van der Waals surface area contributed by atoms with Crippen LogP contribution in [0.5, 0.6) is 0 Å². The van der Waals surface area contributed by atoms with Crippen LogP contribution in [-0.2, 0) is 11.3 Å². The second kappa shape index (κ2) is 7.31. The maximum Gasteiger partial charge on any atom is 0.254 e. The van der Waals surface area contributed by atoms with Crippen LogP contribution in [0.4, 0.5) is 5.82 Å². The first kappa shape index (κ1) is 16.3. The van der Waals surface area contributed by atoms with Crippen molar-refractivity contribution in [3.63, 3.8) is 0 Å². The molecule has 6 nitrogen and oxygen atoms in total. The van der Waals surface area contributed by atoms with E-state index >= 15 is 0 Å². The Morgan fingerprint density at radius 2 is 2.04 bits per heavy atom. The van der Waals surface area contributed by atoms with E-state index in [4.69, 9.17) is 11.6 Å². The molecule has 0 spiro atoms. The number of piperazine rings is 1. The number of rotatable bonds is 4. The largest absolute Gasteiger partial charge is 0.366 e. The highest BCUT2D eigenvalue weighted by molar-refractivity contribution is 6.30. The molecule has 1 aliphatic rings. The number of anilines is 1. The van der Waals surface area contributed by atoms with Crippen molar-refractivity contribution < 1.29 is 9.59 Å². The van der Waals surface area contributed by atoms with Crippen LogP contribution in [0.15, 0.2) is 42.6 Å². The highest BCUT2D eigenvalue weighted by Gasteiger charge is 2.21. The molecular formula is C17H17ClN4O2. The van der Waals surface area contributed by atoms with Crippen LogP contribution >= 0.6 is 11.6 Å². The SMILES string of the molecule is O=C1CN(C(=O)c2ccc(CNc3ccc(Cl)cn3)cc2)CCN1. The molecule has 0 unspecified atom stereocenters. The molecular weight excluding hydrogens is 328 g/mol. The summed E-state index contributed by atoms with van der Waals surface area (Å²) in [5.41, 5.74) is 1.61. The van der Waals surface area contributed by atoms with Crippen LogP contribution in [0, 0.1) is 0 Å². The Kier molecular flexibility index (Phi) is 4.96. The van der Waals surface area contributed by atoms with Crippen molar-refractivity contribution in [2.24, 2.45) is 0 Å². The molecule has 0 radical (unpaired) electrons. The van der Waals surface area contributed by atoms with Gasteiger partial charge in [0, 0.05) is 31.4 Å². The summed E-state index contributed by atoms with van der Waals surface area (Å²) in [5.74, 6) is 0.494. The molecule has 2 N–H and O–H groups in total. The maximum atomic E-state index is 12.4. The van der Waals surface area contributed by atoms with Crippen LogP contribution in [0.1, 0.15) is 15.9 Å². The fourth-order valence-corrected chi connectivity index (χ4v) is 2.54. The topological polar surface area (TPSA) is 74.3 Å². The third kappa shape index (κ3) is 4.02. The summed E-state index contributed by atoms with van der Waals surface area (Å²) >= 11 is 5.80. The summed E-state index contributed by atoms with van der Waals surface area (Å²) in [6.45, 7) is 1.75. The Balaban J connectivity index is 1.59. The van der Waals surface area contributed by atoms with Gasteiger partial charge in [-0.1, -0.05) is 23.7 Å². The fourth-order valence-electron chi connectivity index (χ4n) is 2.43. The number of benzene rings is 1. The lowest BCUT2D eigenvalue weighted by Gasteiger charge is -2.26. The number of hydrogen-bond acceptors (Lipinski definition) is 4. The zero-order valence-electron chi connectivity index (χ0n) is 13.0. The number of halogens is 1. The molecule has 0 saturated carbocycles. The number of pyridine rings is 1. The standard InChI is InChI=1S/C17H17ClN4O2/c18-14-5-6-15(21-10-14)20-9-12-1-3-13(4-2-12)17(24)22-8-7-19-16(23)11-22/h1-6,10H,7-9,11H2,(H,19,23)(H,20,21). The van der Waals surface area contributed by atoms with E-state index in [0.29, 0.717) is 30.2 Å². The average molecular weight is 345 g/mol. The minimum atomic E-state index is -0.122. The molecule has 124 valence electrons. The predicted octanol–water partition coefficient (Wildman–Crippen LogP) is 1.92. The van der Waals surface area contributed by atoms with Crippen molar-refractivity contribution >= 4 is 29.2 Å². The number of nitrogens with one attached hydrogen (secondary N) is 2. The predicted molar refractivity (Wildman–Crippen MR) is 91.9 cm³/mol. The highest BCUT2D eigenvalue weighted by atomic mass is 35.5. The van der Waals surface area contributed by atoms with Gasteiger partial charge in [0.2, 0.25) is 5.91 Å². The molecule has 1 aromatic heterocycles. The van der Waals surface area contributed by atoms with E-state index in [9.17, 15) is 9.59 Å². The van der Waals surface area contributed by atoms with Gasteiger partial charge in [0.1, 0.15) is 5.82 Å². The molecule has 2 amide bonds. The van der Waals surface area contributed by atoms with Crippen molar-refractivity contribution in [2.75, 3.05) is 25.0 Å². The maximum absolute atomic E-state index is 12.4. The zero-order chi connectivity index (χ0) is 16.9. The van der Waals surface area contributed by atoms with Crippen molar-refractivity contribution in [3.8, 4) is 0 Å². The molecule has 2 heterocycles. The quantitative estimate of drug-likeness (QED) is 0.888. The minimum absolute atomic E-state index is 0.115. The molecule has 24 heavy (non-hydrogen) atoms. The highest BCUT2D eigenvalue weighted by Crippen LogP contribution is 2.12. The Morgan fingerprint density at radius 1 is 1.25 bits per heavy atom. The van der Waals surface area contributed by atoms with Crippen LogP contribution < -0.4 is 10.6 Å². The Morgan fingerprint density at radius 3 is 2.71 bits per heavy atom. The van der Waals surface area contributed by atoms with E-state index in [0.717, 1.165) is 11.4 Å². The van der Waals surface area contributed by atoms with Gasteiger partial charge in [0.25, 0.3) is 5.91 Å². The van der Waals surface area contributed by atoms with Gasteiger partial charge < -0.3 is 15.5 Å². The molecule has 0 aliphatic carbocycles. The van der Waals surface area contributed by atoms with Gasteiger partial charge in [-0.25, -0.2) is 4.98 Å². The summed E-state index contributed by atoms with van der Waals surface area (Å²) in [6, 6.07) is 10.9. The molecule has 7 heteroatoms. The number of amides is 2. The second-order valence-corrected chi connectivity index (χ2v) is 5.93. The molecule has 2 aromatic rings. The number of nitrogens with zero attached hydrogens (tertiary/aromatic N) is 2. The van der Waals surface area contributed by atoms with Gasteiger partial charge in [-0.15, -0.1) is 0 Å². The molecule has 1 fully saturated rings. The summed E-state index contributed by atoms with van der Waals surface area (Å²) in [6.07, 6.45) is 1.58. The van der Waals surface area contributed by atoms with E-state index in [2.05, 4.69) is 15.6 Å². The zero-order valence-corrected chi connectivity index (χ0v) is 13.7. The van der Waals surface area contributed by atoms with E-state index in [-0.39, 0.29) is 18.4 Å². The summed E-state index contributed by atoms with van der Waals surface area (Å²) < 4.78 is 0. The average Bonchev–Trinajstić information content (AvgIpc) is 2.61. The van der Waals surface area contributed by atoms with E-state index < -0.39 is 0 Å². The lowest BCUT2D eigenvalue weighted by atomic mass is 10.1. The van der Waals surface area contributed by atoms with Crippen molar-refractivity contribution in [3.05, 3.63) is 58.7 Å². The van der Waals surface area contributed by atoms with Gasteiger partial charge in [-0.05, 0) is 29.8 Å². The number of aromatic nitrogens is 1. The monoisotopic (exact) mass is 344 g/mol. The Hall–Kier alpha value is -2.60. The first-order valence-corrected chi connectivity index (χ1v) is 8.00. The fraction of sp³-hybridized carbons (Fsp3) is 0.235. The first-order valence-electron chi connectivity index (χ1n) is 7.62. The smallest absolute Gasteiger partial charge is 0.254 e. The number of carbonyl (C=O) groups is 2. The second-order valence-electron chi connectivity index (χ2n) is 5.49. The van der Waals surface area contributed by atoms with Crippen molar-refractivity contribution in [1.82, 2.24) is 15.2 Å². The Labute approximate surface area is 144 Å². The summed E-state index contributed by atoms with van der Waals surface area (Å²) in [4.78, 5) is 29.5. The minimum Gasteiger partial charge on any atom is -0.366 e. The molecule has 1 aromatic carbocycles. The molecule has 0 bridgehead atoms. The van der Waals surface area contributed by atoms with Gasteiger partial charge in [-0.3, -0.25) is 9.59 Å². The van der Waals surface area contributed by atoms with E-state index in [1.54, 1.807) is 29.3 Å². The van der Waals surface area contributed by atoms with Gasteiger partial charge in [0.15, 0.2) is 0 Å². The molecule has 1 aliphatic heterocycles. The Bertz CT molecular complexity index is 731. The summed E-state index contributed by atoms with van der Waals surface area (Å²) in [5, 5.41) is 6.49. The molecule has 0 atom stereocenters.